The van der Waals surface area contributed by atoms with Crippen molar-refractivity contribution < 1.29 is 8.42 Å². The number of aromatic nitrogens is 2. The molecule has 114 valence electrons. The summed E-state index contributed by atoms with van der Waals surface area (Å²) in [5.41, 5.74) is 8.90. The molecule has 21 heavy (non-hydrogen) atoms. The fourth-order valence-corrected chi connectivity index (χ4v) is 2.94. The highest BCUT2D eigenvalue weighted by Crippen LogP contribution is 2.23. The monoisotopic (exact) mass is 309 g/mol. The van der Waals surface area contributed by atoms with Crippen LogP contribution in [0.15, 0.2) is 29.3 Å². The molecule has 0 saturated carbocycles. The third kappa shape index (κ3) is 3.53. The molecule has 0 spiro atoms. The van der Waals surface area contributed by atoms with Crippen molar-refractivity contribution in [1.29, 1.82) is 0 Å². The average molecular weight is 309 g/mol. The minimum absolute atomic E-state index is 0.185. The number of hydrogen-bond acceptors (Lipinski definition) is 5. The third-order valence-corrected chi connectivity index (χ3v) is 4.62. The summed E-state index contributed by atoms with van der Waals surface area (Å²) in [7, 11) is -3.49. The Morgan fingerprint density at radius 3 is 2.76 bits per heavy atom. The summed E-state index contributed by atoms with van der Waals surface area (Å²) in [4.78, 5) is 0.185. The van der Waals surface area contributed by atoms with Crippen LogP contribution >= 0.6 is 0 Å². The highest BCUT2D eigenvalue weighted by molar-refractivity contribution is 7.89. The minimum Gasteiger partial charge on any atom is -0.397 e. The molecule has 0 aliphatic heterocycles. The molecule has 2 aromatic rings. The lowest BCUT2D eigenvalue weighted by atomic mass is 10.2. The number of nitrogens with two attached hydrogens (primary N) is 1. The lowest BCUT2D eigenvalue weighted by Crippen LogP contribution is -2.23. The van der Waals surface area contributed by atoms with Crippen molar-refractivity contribution in [3.63, 3.8) is 0 Å². The van der Waals surface area contributed by atoms with Crippen LogP contribution in [0, 0.1) is 6.92 Å². The number of nitrogens with zero attached hydrogens (tertiary/aromatic N) is 1. The maximum absolute atomic E-state index is 12.0. The van der Waals surface area contributed by atoms with Gasteiger partial charge in [0.2, 0.25) is 10.0 Å². The minimum atomic E-state index is -3.49. The van der Waals surface area contributed by atoms with Gasteiger partial charge in [-0.3, -0.25) is 5.10 Å². The zero-order chi connectivity index (χ0) is 15.5. The van der Waals surface area contributed by atoms with E-state index in [2.05, 4.69) is 20.2 Å². The highest BCUT2D eigenvalue weighted by Gasteiger charge is 2.14. The van der Waals surface area contributed by atoms with E-state index in [4.69, 9.17) is 5.73 Å². The van der Waals surface area contributed by atoms with Crippen molar-refractivity contribution in [1.82, 2.24) is 14.9 Å². The lowest BCUT2D eigenvalue weighted by molar-refractivity contribution is 0.584. The molecule has 5 N–H and O–H groups in total. The van der Waals surface area contributed by atoms with Crippen molar-refractivity contribution in [2.45, 2.75) is 25.3 Å². The molecule has 0 aliphatic rings. The van der Waals surface area contributed by atoms with E-state index < -0.39 is 10.0 Å². The smallest absolute Gasteiger partial charge is 0.240 e. The van der Waals surface area contributed by atoms with Gasteiger partial charge >= 0.3 is 0 Å². The van der Waals surface area contributed by atoms with Gasteiger partial charge in [-0.25, -0.2) is 13.1 Å². The van der Waals surface area contributed by atoms with Gasteiger partial charge in [0, 0.05) is 24.3 Å². The Hall–Kier alpha value is -2.06. The maximum Gasteiger partial charge on any atom is 0.240 e. The Bertz CT molecular complexity index is 724. The summed E-state index contributed by atoms with van der Waals surface area (Å²) >= 11 is 0. The zero-order valence-electron chi connectivity index (χ0n) is 12.0. The number of rotatable bonds is 6. The molecule has 1 aromatic heterocycles. The lowest BCUT2D eigenvalue weighted by Gasteiger charge is -2.11. The molecular weight excluding hydrogens is 290 g/mol. The number of hydrogen-bond donors (Lipinski definition) is 4. The first-order valence-corrected chi connectivity index (χ1v) is 8.04. The highest BCUT2D eigenvalue weighted by atomic mass is 32.2. The predicted molar refractivity (Wildman–Crippen MR) is 82.4 cm³/mol. The topological polar surface area (TPSA) is 113 Å². The van der Waals surface area contributed by atoms with Gasteiger partial charge in [-0.05, 0) is 25.1 Å². The Balaban J connectivity index is 2.22. The molecule has 0 unspecified atom stereocenters. The van der Waals surface area contributed by atoms with Crippen LogP contribution in [0.25, 0.3) is 0 Å². The summed E-state index contributed by atoms with van der Waals surface area (Å²) < 4.78 is 26.4. The van der Waals surface area contributed by atoms with Crippen LogP contribution in [-0.2, 0) is 16.6 Å². The molecule has 0 atom stereocenters. The van der Waals surface area contributed by atoms with Gasteiger partial charge in [0.05, 0.1) is 22.5 Å². The molecule has 0 aliphatic carbocycles. The molecule has 0 bridgehead atoms. The molecular formula is C13H19N5O2S. The van der Waals surface area contributed by atoms with E-state index in [1.807, 2.05) is 6.92 Å². The first kappa shape index (κ1) is 15.3. The van der Waals surface area contributed by atoms with Gasteiger partial charge in [-0.2, -0.15) is 5.10 Å². The van der Waals surface area contributed by atoms with Crippen LogP contribution in [0.1, 0.15) is 18.2 Å². The number of nitrogen functional groups attached to an aromatic ring is 1. The number of aromatic amines is 1. The van der Waals surface area contributed by atoms with Crippen molar-refractivity contribution in [3.8, 4) is 0 Å². The SMILES string of the molecule is CCNS(=O)(=O)c1ccc(N)c(NCc2cn[nH]c2C)c1. The summed E-state index contributed by atoms with van der Waals surface area (Å²) in [5, 5.41) is 9.91. The quantitative estimate of drug-likeness (QED) is 0.599. The van der Waals surface area contributed by atoms with Crippen molar-refractivity contribution in [2.75, 3.05) is 17.6 Å². The molecule has 7 nitrogen and oxygen atoms in total. The fourth-order valence-electron chi connectivity index (χ4n) is 1.87. The van der Waals surface area contributed by atoms with Gasteiger partial charge in [-0.1, -0.05) is 6.92 Å². The average Bonchev–Trinajstić information content (AvgIpc) is 2.83. The summed E-state index contributed by atoms with van der Waals surface area (Å²) in [6.45, 7) is 4.50. The molecule has 1 heterocycles. The zero-order valence-corrected chi connectivity index (χ0v) is 12.8. The molecule has 0 fully saturated rings. The van der Waals surface area contributed by atoms with E-state index in [0.29, 0.717) is 24.5 Å². The summed E-state index contributed by atoms with van der Waals surface area (Å²) in [5.74, 6) is 0. The first-order valence-electron chi connectivity index (χ1n) is 6.56. The normalized spacial score (nSPS) is 11.5. The number of aryl methyl sites for hydroxylation is 1. The number of anilines is 2. The van der Waals surface area contributed by atoms with Gasteiger partial charge in [0.1, 0.15) is 0 Å². The van der Waals surface area contributed by atoms with Crippen LogP contribution in [0.3, 0.4) is 0 Å². The van der Waals surface area contributed by atoms with Gasteiger partial charge in [0.15, 0.2) is 0 Å². The van der Waals surface area contributed by atoms with Crippen molar-refractivity contribution in [2.24, 2.45) is 0 Å². The second-order valence-electron chi connectivity index (χ2n) is 4.62. The Morgan fingerprint density at radius 2 is 2.14 bits per heavy atom. The van der Waals surface area contributed by atoms with E-state index in [0.717, 1.165) is 11.3 Å². The molecule has 0 amide bonds. The van der Waals surface area contributed by atoms with Crippen LogP contribution in [0.5, 0.6) is 0 Å². The molecule has 1 aromatic carbocycles. The third-order valence-electron chi connectivity index (χ3n) is 3.07. The molecule has 8 heteroatoms. The van der Waals surface area contributed by atoms with E-state index in [1.54, 1.807) is 19.2 Å². The van der Waals surface area contributed by atoms with E-state index in [1.165, 1.54) is 12.1 Å². The van der Waals surface area contributed by atoms with Crippen LogP contribution < -0.4 is 15.8 Å². The number of H-pyrrole nitrogens is 1. The van der Waals surface area contributed by atoms with Gasteiger partial charge in [0.25, 0.3) is 0 Å². The van der Waals surface area contributed by atoms with E-state index in [-0.39, 0.29) is 4.90 Å². The summed E-state index contributed by atoms with van der Waals surface area (Å²) in [6, 6.07) is 4.60. The Kier molecular flexibility index (Phi) is 4.49. The largest absolute Gasteiger partial charge is 0.397 e. The number of nitrogens with one attached hydrogen (secondary N) is 3. The second kappa shape index (κ2) is 6.15. The molecule has 0 radical (unpaired) electrons. The van der Waals surface area contributed by atoms with Crippen LogP contribution in [0.2, 0.25) is 0 Å². The second-order valence-corrected chi connectivity index (χ2v) is 6.39. The maximum atomic E-state index is 12.0. The van der Waals surface area contributed by atoms with Crippen molar-refractivity contribution >= 4 is 21.4 Å². The summed E-state index contributed by atoms with van der Waals surface area (Å²) in [6.07, 6.45) is 1.72. The number of benzene rings is 1. The van der Waals surface area contributed by atoms with Crippen LogP contribution in [-0.4, -0.2) is 25.2 Å². The predicted octanol–water partition coefficient (Wildman–Crippen LogP) is 1.21. The van der Waals surface area contributed by atoms with E-state index in [9.17, 15) is 8.42 Å². The molecule has 0 saturated heterocycles. The Labute approximate surface area is 124 Å². The number of sulfonamides is 1. The van der Waals surface area contributed by atoms with Gasteiger partial charge < -0.3 is 11.1 Å². The van der Waals surface area contributed by atoms with E-state index >= 15 is 0 Å². The van der Waals surface area contributed by atoms with Crippen LogP contribution in [0.4, 0.5) is 11.4 Å². The fraction of sp³-hybridized carbons (Fsp3) is 0.308. The molecule has 2 rings (SSSR count). The van der Waals surface area contributed by atoms with Gasteiger partial charge in [-0.15, -0.1) is 0 Å². The van der Waals surface area contributed by atoms with Crippen molar-refractivity contribution in [3.05, 3.63) is 35.7 Å². The standard InChI is InChI=1S/C13H19N5O2S/c1-3-17-21(19,20)11-4-5-12(14)13(6-11)15-7-10-8-16-18-9(10)2/h4-6,8,15,17H,3,7,14H2,1-2H3,(H,16,18). The Morgan fingerprint density at radius 1 is 1.38 bits per heavy atom. The first-order chi connectivity index (χ1) is 9.94.